The van der Waals surface area contributed by atoms with Crippen LogP contribution in [0.3, 0.4) is 0 Å². The van der Waals surface area contributed by atoms with E-state index in [1.54, 1.807) is 13.8 Å². The van der Waals surface area contributed by atoms with Crippen LogP contribution in [0.25, 0.3) is 0 Å². The van der Waals surface area contributed by atoms with Gasteiger partial charge in [0.1, 0.15) is 5.25 Å². The average Bonchev–Trinajstić information content (AvgIpc) is 2.15. The van der Waals surface area contributed by atoms with E-state index in [1.807, 2.05) is 0 Å². The summed E-state index contributed by atoms with van der Waals surface area (Å²) in [5.41, 5.74) is 0. The van der Waals surface area contributed by atoms with E-state index < -0.39 is 34.7 Å². The van der Waals surface area contributed by atoms with Crippen molar-refractivity contribution in [3.63, 3.8) is 0 Å². The summed E-state index contributed by atoms with van der Waals surface area (Å²) in [6.45, 7) is 4.43. The summed E-state index contributed by atoms with van der Waals surface area (Å²) in [6.07, 6.45) is -1.31. The van der Waals surface area contributed by atoms with Gasteiger partial charge in [0, 0.05) is 10.8 Å². The summed E-state index contributed by atoms with van der Waals surface area (Å²) in [7, 11) is -1.53. The van der Waals surface area contributed by atoms with Crippen molar-refractivity contribution in [2.45, 2.75) is 38.2 Å². The van der Waals surface area contributed by atoms with Gasteiger partial charge in [-0.2, -0.15) is 0 Å². The molecule has 0 fully saturated rings. The number of aliphatic hydroxyl groups is 2. The number of carbonyl (C=O) groups is 1. The number of hydrogen-bond acceptors (Lipinski definition) is 5. The highest BCUT2D eigenvalue weighted by Crippen LogP contribution is 2.03. The van der Waals surface area contributed by atoms with Crippen LogP contribution in [0, 0.1) is 0 Å². The van der Waals surface area contributed by atoms with E-state index >= 15 is 0 Å². The topological polar surface area (TPSA) is 83.8 Å². The first-order chi connectivity index (χ1) is 6.88. The van der Waals surface area contributed by atoms with Crippen LogP contribution in [0.2, 0.25) is 0 Å². The van der Waals surface area contributed by atoms with Crippen molar-refractivity contribution in [3.8, 4) is 0 Å². The molecule has 90 valence electrons. The highest BCUT2D eigenvalue weighted by molar-refractivity contribution is 7.86. The molecule has 3 atom stereocenters. The molecule has 0 saturated heterocycles. The molecule has 0 rings (SSSR count). The fourth-order valence-corrected chi connectivity index (χ4v) is 1.87. The van der Waals surface area contributed by atoms with E-state index in [9.17, 15) is 9.00 Å². The molecule has 0 amide bonds. The third kappa shape index (κ3) is 5.86. The Morgan fingerprint density at radius 1 is 1.40 bits per heavy atom. The van der Waals surface area contributed by atoms with E-state index in [1.165, 1.54) is 6.92 Å². The summed E-state index contributed by atoms with van der Waals surface area (Å²) in [4.78, 5) is 11.3. The molecule has 5 nitrogen and oxygen atoms in total. The van der Waals surface area contributed by atoms with E-state index in [0.29, 0.717) is 0 Å². The first-order valence-corrected chi connectivity index (χ1v) is 6.13. The van der Waals surface area contributed by atoms with Crippen molar-refractivity contribution in [3.05, 3.63) is 0 Å². The van der Waals surface area contributed by atoms with E-state index in [0.717, 1.165) is 0 Å². The molecule has 0 saturated carbocycles. The molecule has 3 unspecified atom stereocenters. The molecule has 0 spiro atoms. The Morgan fingerprint density at radius 2 is 1.93 bits per heavy atom. The maximum Gasteiger partial charge on any atom is 0.321 e. The Morgan fingerprint density at radius 3 is 2.33 bits per heavy atom. The molecule has 0 radical (unpaired) electrons. The van der Waals surface area contributed by atoms with Gasteiger partial charge in [-0.05, 0) is 20.8 Å². The number of aliphatic hydroxyl groups excluding tert-OH is 2. The molecule has 0 heterocycles. The lowest BCUT2D eigenvalue weighted by molar-refractivity contribution is -0.146. The molecule has 0 aliphatic carbocycles. The minimum Gasteiger partial charge on any atom is -0.462 e. The van der Waals surface area contributed by atoms with Crippen molar-refractivity contribution in [2.24, 2.45) is 0 Å². The van der Waals surface area contributed by atoms with Crippen LogP contribution < -0.4 is 0 Å². The predicted molar refractivity (Wildman–Crippen MR) is 56.8 cm³/mol. The van der Waals surface area contributed by atoms with Crippen LogP contribution in [0.5, 0.6) is 0 Å². The minimum absolute atomic E-state index is 0.120. The third-order valence-electron chi connectivity index (χ3n) is 1.65. The summed E-state index contributed by atoms with van der Waals surface area (Å²) in [6, 6.07) is 0. The molecule has 0 aromatic rings. The summed E-state index contributed by atoms with van der Waals surface area (Å²) < 4.78 is 16.3. The smallest absolute Gasteiger partial charge is 0.321 e. The van der Waals surface area contributed by atoms with Crippen molar-refractivity contribution >= 4 is 16.8 Å². The van der Waals surface area contributed by atoms with Crippen LogP contribution in [0.15, 0.2) is 0 Å². The van der Waals surface area contributed by atoms with Crippen LogP contribution in [-0.2, 0) is 20.3 Å². The lowest BCUT2D eigenvalue weighted by Gasteiger charge is -2.14. The Hall–Kier alpha value is -0.460. The van der Waals surface area contributed by atoms with Gasteiger partial charge in [0.05, 0.1) is 24.6 Å². The number of hydrogen-bond donors (Lipinski definition) is 2. The van der Waals surface area contributed by atoms with Gasteiger partial charge < -0.3 is 14.9 Å². The van der Waals surface area contributed by atoms with Crippen molar-refractivity contribution < 1.29 is 24.0 Å². The third-order valence-corrected chi connectivity index (χ3v) is 3.34. The Kier molecular flexibility index (Phi) is 6.71. The molecule has 0 aliphatic rings. The normalized spacial score (nSPS) is 17.2. The number of carbonyl (C=O) groups excluding carboxylic acids is 1. The fourth-order valence-electron chi connectivity index (χ4n) is 0.822. The fraction of sp³-hybridized carbons (Fsp3) is 0.889. The molecule has 0 aromatic heterocycles. The van der Waals surface area contributed by atoms with E-state index in [2.05, 4.69) is 0 Å². The summed E-state index contributed by atoms with van der Waals surface area (Å²) in [5.74, 6) is -0.668. The first kappa shape index (κ1) is 14.5. The molecular weight excluding hydrogens is 220 g/mol. The second-order valence-corrected chi connectivity index (χ2v) is 5.31. The monoisotopic (exact) mass is 238 g/mol. The Bertz CT molecular complexity index is 229. The molecule has 2 N–H and O–H groups in total. The number of rotatable bonds is 6. The van der Waals surface area contributed by atoms with Crippen molar-refractivity contribution in [2.75, 3.05) is 12.4 Å². The molecule has 15 heavy (non-hydrogen) atoms. The summed E-state index contributed by atoms with van der Waals surface area (Å²) >= 11 is 0. The highest BCUT2D eigenvalue weighted by Gasteiger charge is 2.24. The number of esters is 1. The molecule has 6 heteroatoms. The van der Waals surface area contributed by atoms with E-state index in [4.69, 9.17) is 14.9 Å². The van der Waals surface area contributed by atoms with Crippen LogP contribution in [-0.4, -0.2) is 50.2 Å². The molecule has 0 bridgehead atoms. The maximum atomic E-state index is 11.5. The van der Waals surface area contributed by atoms with Crippen LogP contribution >= 0.6 is 0 Å². The molecule has 0 aliphatic heterocycles. The zero-order valence-electron chi connectivity index (χ0n) is 9.17. The SMILES string of the molecule is CC(C)OC(=O)C(C)S(=O)CC(O)CO. The van der Waals surface area contributed by atoms with Gasteiger partial charge in [-0.15, -0.1) is 0 Å². The largest absolute Gasteiger partial charge is 0.462 e. The van der Waals surface area contributed by atoms with Gasteiger partial charge >= 0.3 is 5.97 Å². The van der Waals surface area contributed by atoms with Crippen LogP contribution in [0.4, 0.5) is 0 Å². The maximum absolute atomic E-state index is 11.5. The van der Waals surface area contributed by atoms with Crippen molar-refractivity contribution in [1.82, 2.24) is 0 Å². The minimum atomic E-state index is -1.53. The van der Waals surface area contributed by atoms with Gasteiger partial charge in [0.15, 0.2) is 0 Å². The molecular formula is C9H18O5S. The van der Waals surface area contributed by atoms with Gasteiger partial charge in [0.25, 0.3) is 0 Å². The second-order valence-electron chi connectivity index (χ2n) is 3.51. The van der Waals surface area contributed by atoms with Crippen molar-refractivity contribution in [1.29, 1.82) is 0 Å². The standard InChI is InChI=1S/C9H18O5S/c1-6(2)14-9(12)7(3)15(13)5-8(11)4-10/h6-8,10-11H,4-5H2,1-3H3. The zero-order valence-corrected chi connectivity index (χ0v) is 9.99. The van der Waals surface area contributed by atoms with Gasteiger partial charge in [-0.25, -0.2) is 0 Å². The average molecular weight is 238 g/mol. The van der Waals surface area contributed by atoms with Gasteiger partial charge in [0.2, 0.25) is 0 Å². The lowest BCUT2D eigenvalue weighted by Crippen LogP contribution is -2.32. The van der Waals surface area contributed by atoms with Crippen LogP contribution in [0.1, 0.15) is 20.8 Å². The highest BCUT2D eigenvalue weighted by atomic mass is 32.2. The van der Waals surface area contributed by atoms with E-state index in [-0.39, 0.29) is 11.9 Å². The second kappa shape index (κ2) is 6.92. The predicted octanol–water partition coefficient (Wildman–Crippen LogP) is -0.572. The zero-order chi connectivity index (χ0) is 12.0. The van der Waals surface area contributed by atoms with Gasteiger partial charge in [-0.1, -0.05) is 0 Å². The number of ether oxygens (including phenoxy) is 1. The Labute approximate surface area is 91.9 Å². The quantitative estimate of drug-likeness (QED) is 0.605. The Balaban J connectivity index is 4.13. The molecule has 0 aromatic carbocycles. The first-order valence-electron chi connectivity index (χ1n) is 4.75. The lowest BCUT2D eigenvalue weighted by atomic mass is 10.4. The van der Waals surface area contributed by atoms with Gasteiger partial charge in [-0.3, -0.25) is 9.00 Å². The summed E-state index contributed by atoms with van der Waals surface area (Å²) in [5, 5.41) is 16.8.